The number of benzene rings is 2. The fourth-order valence-electron chi connectivity index (χ4n) is 3.79. The average Bonchev–Trinajstić information content (AvgIpc) is 3.40. The summed E-state index contributed by atoms with van der Waals surface area (Å²) in [5.41, 5.74) is 1.98. The Bertz CT molecular complexity index is 1190. The molecule has 0 saturated heterocycles. The highest BCUT2D eigenvalue weighted by Crippen LogP contribution is 2.44. The van der Waals surface area contributed by atoms with Gasteiger partial charge in [0, 0.05) is 22.7 Å². The molecule has 1 aliphatic rings. The van der Waals surface area contributed by atoms with Crippen molar-refractivity contribution in [1.82, 2.24) is 5.16 Å². The summed E-state index contributed by atoms with van der Waals surface area (Å²) < 4.78 is 10.2. The lowest BCUT2D eigenvalue weighted by Crippen LogP contribution is -2.32. The monoisotopic (exact) mass is 432 g/mol. The Morgan fingerprint density at radius 1 is 1.12 bits per heavy atom. The fraction of sp³-hybridized carbons (Fsp3) is 0.240. The van der Waals surface area contributed by atoms with Gasteiger partial charge in [0.1, 0.15) is 17.7 Å². The Labute approximate surface area is 185 Å². The van der Waals surface area contributed by atoms with Gasteiger partial charge in [-0.3, -0.25) is 14.5 Å². The zero-order valence-electron chi connectivity index (χ0n) is 18.3. The smallest absolute Gasteiger partial charge is 0.294 e. The molecule has 1 aromatic heterocycles. The molecule has 0 aliphatic carbocycles. The van der Waals surface area contributed by atoms with Gasteiger partial charge in [-0.25, -0.2) is 0 Å². The minimum absolute atomic E-state index is 0.0799. The molecular formula is C25H24N2O5. The van der Waals surface area contributed by atoms with E-state index in [4.69, 9.17) is 9.26 Å². The van der Waals surface area contributed by atoms with E-state index in [0.717, 1.165) is 5.56 Å². The van der Waals surface area contributed by atoms with Crippen LogP contribution < -0.4 is 9.64 Å². The van der Waals surface area contributed by atoms with E-state index in [-0.39, 0.29) is 11.4 Å². The molecule has 3 aromatic rings. The second-order valence-electron chi connectivity index (χ2n) is 8.63. The third kappa shape index (κ3) is 3.66. The molecule has 32 heavy (non-hydrogen) atoms. The summed E-state index contributed by atoms with van der Waals surface area (Å²) in [5, 5.41) is 14.7. The van der Waals surface area contributed by atoms with Crippen LogP contribution in [0.4, 0.5) is 5.69 Å². The molecule has 1 unspecified atom stereocenters. The predicted octanol–water partition coefficient (Wildman–Crippen LogP) is 4.87. The van der Waals surface area contributed by atoms with E-state index < -0.39 is 23.1 Å². The minimum Gasteiger partial charge on any atom is -0.503 e. The van der Waals surface area contributed by atoms with Crippen molar-refractivity contribution in [2.45, 2.75) is 26.8 Å². The van der Waals surface area contributed by atoms with Gasteiger partial charge in [-0.05, 0) is 29.8 Å². The number of nitrogens with zero attached hydrogens (tertiary/aromatic N) is 2. The van der Waals surface area contributed by atoms with E-state index in [1.165, 1.54) is 11.2 Å². The zero-order chi connectivity index (χ0) is 23.0. The van der Waals surface area contributed by atoms with Crippen molar-refractivity contribution in [1.29, 1.82) is 0 Å². The lowest BCUT2D eigenvalue weighted by atomic mass is 9.82. The molecule has 7 heteroatoms. The molecule has 1 N–H and O–H groups in total. The van der Waals surface area contributed by atoms with Gasteiger partial charge in [-0.1, -0.05) is 50.2 Å². The number of amides is 1. The lowest BCUT2D eigenvalue weighted by Gasteiger charge is -2.29. The van der Waals surface area contributed by atoms with Gasteiger partial charge in [-0.2, -0.15) is 0 Å². The molecular weight excluding hydrogens is 408 g/mol. The molecule has 1 aliphatic heterocycles. The Morgan fingerprint density at radius 2 is 1.84 bits per heavy atom. The Hall–Kier alpha value is -3.87. The van der Waals surface area contributed by atoms with Gasteiger partial charge in [0.05, 0.1) is 18.7 Å². The quantitative estimate of drug-likeness (QED) is 0.619. The van der Waals surface area contributed by atoms with Crippen molar-refractivity contribution >= 4 is 17.4 Å². The van der Waals surface area contributed by atoms with Crippen molar-refractivity contribution in [2.75, 3.05) is 12.0 Å². The maximum absolute atomic E-state index is 13.3. The van der Waals surface area contributed by atoms with Crippen LogP contribution in [0.25, 0.3) is 11.3 Å². The predicted molar refractivity (Wildman–Crippen MR) is 119 cm³/mol. The third-order valence-electron chi connectivity index (χ3n) is 5.42. The van der Waals surface area contributed by atoms with E-state index in [1.807, 2.05) is 18.2 Å². The topological polar surface area (TPSA) is 92.9 Å². The molecule has 2 aromatic carbocycles. The number of Topliss-reactive ketones (excluding diaryl/α,β-unsaturated/α-hetero) is 1. The molecule has 1 atom stereocenters. The van der Waals surface area contributed by atoms with E-state index in [0.29, 0.717) is 22.7 Å². The largest absolute Gasteiger partial charge is 0.503 e. The Kier molecular flexibility index (Phi) is 5.34. The van der Waals surface area contributed by atoms with Crippen molar-refractivity contribution < 1.29 is 24.0 Å². The average molecular weight is 432 g/mol. The van der Waals surface area contributed by atoms with Crippen LogP contribution in [0.1, 0.15) is 32.4 Å². The number of aliphatic hydroxyl groups is 1. The molecule has 2 heterocycles. The summed E-state index contributed by atoms with van der Waals surface area (Å²) >= 11 is 0. The first-order valence-electron chi connectivity index (χ1n) is 10.2. The number of hydrogen-bond donors (Lipinski definition) is 1. The highest BCUT2D eigenvalue weighted by Gasteiger charge is 2.46. The number of carbonyl (C=O) groups is 2. The summed E-state index contributed by atoms with van der Waals surface area (Å²) in [6, 6.07) is 15.2. The van der Waals surface area contributed by atoms with Gasteiger partial charge >= 0.3 is 0 Å². The maximum Gasteiger partial charge on any atom is 0.294 e. The highest BCUT2D eigenvalue weighted by molar-refractivity contribution is 6.17. The van der Waals surface area contributed by atoms with Gasteiger partial charge < -0.3 is 14.4 Å². The van der Waals surface area contributed by atoms with E-state index >= 15 is 0 Å². The normalized spacial score (nSPS) is 16.6. The molecule has 0 saturated carbocycles. The molecule has 0 spiro atoms. The number of carbonyl (C=O) groups excluding carboxylic acids is 2. The van der Waals surface area contributed by atoms with Crippen molar-refractivity contribution in [3.05, 3.63) is 77.8 Å². The maximum atomic E-state index is 13.3. The molecule has 0 bridgehead atoms. The number of rotatable bonds is 5. The number of ketones is 1. The van der Waals surface area contributed by atoms with Gasteiger partial charge in [0.25, 0.3) is 5.91 Å². The molecule has 0 fully saturated rings. The van der Waals surface area contributed by atoms with Crippen LogP contribution in [0.3, 0.4) is 0 Å². The van der Waals surface area contributed by atoms with Crippen LogP contribution in [0.5, 0.6) is 5.75 Å². The van der Waals surface area contributed by atoms with Crippen LogP contribution in [-0.4, -0.2) is 29.1 Å². The Balaban J connectivity index is 1.83. The van der Waals surface area contributed by atoms with E-state index in [2.05, 4.69) is 5.16 Å². The number of hydrogen-bond acceptors (Lipinski definition) is 6. The summed E-state index contributed by atoms with van der Waals surface area (Å²) in [5.74, 6) is -0.860. The van der Waals surface area contributed by atoms with E-state index in [1.54, 1.807) is 64.3 Å². The van der Waals surface area contributed by atoms with Crippen LogP contribution in [0.2, 0.25) is 0 Å². The standard InChI is InChI=1S/C25H24N2O5/c1-25(2,3)23(29)20-21(16-6-5-7-18(14-16)31-4)27(24(30)22(20)28)17-10-8-15(9-11-17)19-12-13-32-26-19/h5-14,21,28H,1-4H3. The van der Waals surface area contributed by atoms with Crippen LogP contribution in [0, 0.1) is 5.41 Å². The molecule has 1 amide bonds. The summed E-state index contributed by atoms with van der Waals surface area (Å²) in [6.45, 7) is 5.29. The summed E-state index contributed by atoms with van der Waals surface area (Å²) in [6.07, 6.45) is 1.48. The van der Waals surface area contributed by atoms with Crippen molar-refractivity contribution in [3.63, 3.8) is 0 Å². The van der Waals surface area contributed by atoms with Gasteiger partial charge in [0.2, 0.25) is 0 Å². The summed E-state index contributed by atoms with van der Waals surface area (Å²) in [7, 11) is 1.55. The van der Waals surface area contributed by atoms with Crippen LogP contribution in [-0.2, 0) is 9.59 Å². The summed E-state index contributed by atoms with van der Waals surface area (Å²) in [4.78, 5) is 27.9. The first kappa shape index (κ1) is 21.4. The van der Waals surface area contributed by atoms with Crippen LogP contribution >= 0.6 is 0 Å². The van der Waals surface area contributed by atoms with Crippen molar-refractivity contribution in [2.24, 2.45) is 5.41 Å². The number of aliphatic hydroxyl groups excluding tert-OH is 1. The molecule has 4 rings (SSSR count). The molecule has 7 nitrogen and oxygen atoms in total. The number of ether oxygens (including phenoxy) is 1. The molecule has 164 valence electrons. The SMILES string of the molecule is COc1cccc(C2C(C(=O)C(C)(C)C)=C(O)C(=O)N2c2ccc(-c3ccon3)cc2)c1. The second kappa shape index (κ2) is 8.00. The first-order valence-corrected chi connectivity index (χ1v) is 10.2. The highest BCUT2D eigenvalue weighted by atomic mass is 16.5. The third-order valence-corrected chi connectivity index (χ3v) is 5.42. The zero-order valence-corrected chi connectivity index (χ0v) is 18.3. The van der Waals surface area contributed by atoms with Gasteiger partial charge in [-0.15, -0.1) is 0 Å². The second-order valence-corrected chi connectivity index (χ2v) is 8.63. The molecule has 0 radical (unpaired) electrons. The lowest BCUT2D eigenvalue weighted by molar-refractivity contribution is -0.123. The van der Waals surface area contributed by atoms with Gasteiger partial charge in [0.15, 0.2) is 11.5 Å². The fourth-order valence-corrected chi connectivity index (χ4v) is 3.79. The number of methoxy groups -OCH3 is 1. The minimum atomic E-state index is -0.790. The number of aromatic nitrogens is 1. The number of anilines is 1. The van der Waals surface area contributed by atoms with Crippen LogP contribution in [0.15, 0.2) is 76.7 Å². The van der Waals surface area contributed by atoms with Crippen molar-refractivity contribution in [3.8, 4) is 17.0 Å². The Morgan fingerprint density at radius 3 is 2.44 bits per heavy atom. The first-order chi connectivity index (χ1) is 15.2. The van der Waals surface area contributed by atoms with E-state index in [9.17, 15) is 14.7 Å².